The fourth-order valence-corrected chi connectivity index (χ4v) is 2.30. The molecule has 3 rings (SSSR count). The van der Waals surface area contributed by atoms with Crippen molar-refractivity contribution in [1.82, 2.24) is 14.8 Å². The molecule has 1 aromatic carbocycles. The highest BCUT2D eigenvalue weighted by Crippen LogP contribution is 2.25. The van der Waals surface area contributed by atoms with Crippen LogP contribution in [0.5, 0.6) is 0 Å². The number of carbonyl (C=O) groups excluding carboxylic acids is 1. The van der Waals surface area contributed by atoms with Crippen LogP contribution in [0.1, 0.15) is 6.42 Å². The average Bonchev–Trinajstić information content (AvgIpc) is 3.03. The predicted molar refractivity (Wildman–Crippen MR) is 87.9 cm³/mol. The highest BCUT2D eigenvalue weighted by molar-refractivity contribution is 5.93. The van der Waals surface area contributed by atoms with Crippen molar-refractivity contribution in [3.05, 3.63) is 71.0 Å². The minimum absolute atomic E-state index is 0.145. The summed E-state index contributed by atoms with van der Waals surface area (Å²) >= 11 is 0. The molecule has 2 heterocycles. The topological polar surface area (TPSA) is 79.8 Å². The lowest BCUT2D eigenvalue weighted by Gasteiger charge is -2.07. The first-order valence-corrected chi connectivity index (χ1v) is 7.38. The lowest BCUT2D eigenvalue weighted by atomic mass is 10.1. The molecule has 0 aliphatic rings. The summed E-state index contributed by atoms with van der Waals surface area (Å²) in [4.78, 5) is 23.7. The third-order valence-corrected chi connectivity index (χ3v) is 3.54. The van der Waals surface area contributed by atoms with Gasteiger partial charge in [-0.1, -0.05) is 18.2 Å². The number of benzene rings is 1. The number of hydrogen-bond acceptors (Lipinski definition) is 3. The number of aromatic nitrogens is 3. The minimum atomic E-state index is -0.332. The van der Waals surface area contributed by atoms with Gasteiger partial charge in [0.15, 0.2) is 0 Å². The lowest BCUT2D eigenvalue weighted by Crippen LogP contribution is -2.22. The van der Waals surface area contributed by atoms with Gasteiger partial charge in [0.05, 0.1) is 6.20 Å². The Morgan fingerprint density at radius 2 is 2.00 bits per heavy atom. The van der Waals surface area contributed by atoms with Crippen molar-refractivity contribution in [2.24, 2.45) is 0 Å². The molecular formula is C17H15FN4O2. The second-order valence-electron chi connectivity index (χ2n) is 5.20. The number of amides is 1. The molecule has 1 amide bonds. The van der Waals surface area contributed by atoms with Crippen LogP contribution in [-0.4, -0.2) is 20.7 Å². The van der Waals surface area contributed by atoms with E-state index in [4.69, 9.17) is 0 Å². The molecule has 0 fully saturated rings. The largest absolute Gasteiger partial charge is 0.315 e. The molecule has 0 saturated heterocycles. The van der Waals surface area contributed by atoms with Crippen molar-refractivity contribution in [3.8, 4) is 11.1 Å². The summed E-state index contributed by atoms with van der Waals surface area (Å²) in [5, 5.41) is 9.36. The summed E-state index contributed by atoms with van der Waals surface area (Å²) in [6.45, 7) is 0.283. The first-order chi connectivity index (χ1) is 11.6. The van der Waals surface area contributed by atoms with Crippen LogP contribution in [0.15, 0.2) is 59.7 Å². The van der Waals surface area contributed by atoms with Gasteiger partial charge in [0.25, 0.3) is 5.56 Å². The van der Waals surface area contributed by atoms with Gasteiger partial charge in [-0.2, -0.15) is 5.10 Å². The van der Waals surface area contributed by atoms with Crippen molar-refractivity contribution in [3.63, 3.8) is 0 Å². The number of halogens is 1. The average molecular weight is 326 g/mol. The van der Waals surface area contributed by atoms with Crippen LogP contribution in [-0.2, 0) is 11.3 Å². The van der Waals surface area contributed by atoms with Crippen LogP contribution < -0.4 is 10.9 Å². The fourth-order valence-electron chi connectivity index (χ4n) is 2.30. The standard InChI is InChI=1S/C17H15FN4O2/c18-13-6-4-12(5-7-13)14-11-19-21-17(14)20-15(23)8-10-22-9-2-1-3-16(22)24/h1-7,9,11H,8,10H2,(H2,19,20,21,23). The van der Waals surface area contributed by atoms with E-state index in [9.17, 15) is 14.0 Å². The molecular weight excluding hydrogens is 311 g/mol. The fraction of sp³-hybridized carbons (Fsp3) is 0.118. The van der Waals surface area contributed by atoms with E-state index in [1.165, 1.54) is 22.8 Å². The van der Waals surface area contributed by atoms with E-state index in [1.54, 1.807) is 36.7 Å². The van der Waals surface area contributed by atoms with E-state index in [1.807, 2.05) is 0 Å². The Labute approximate surface area is 137 Å². The van der Waals surface area contributed by atoms with Gasteiger partial charge < -0.3 is 9.88 Å². The molecule has 6 nitrogen and oxygen atoms in total. The molecule has 0 saturated carbocycles. The van der Waals surface area contributed by atoms with Gasteiger partial charge in [-0.25, -0.2) is 4.39 Å². The monoisotopic (exact) mass is 326 g/mol. The van der Waals surface area contributed by atoms with Gasteiger partial charge in [0, 0.05) is 30.8 Å². The summed E-state index contributed by atoms with van der Waals surface area (Å²) in [7, 11) is 0. The van der Waals surface area contributed by atoms with Crippen LogP contribution >= 0.6 is 0 Å². The van der Waals surface area contributed by atoms with Gasteiger partial charge in [-0.05, 0) is 23.8 Å². The van der Waals surface area contributed by atoms with Crippen molar-refractivity contribution in [2.75, 3.05) is 5.32 Å². The molecule has 0 radical (unpaired) electrons. The van der Waals surface area contributed by atoms with E-state index >= 15 is 0 Å². The van der Waals surface area contributed by atoms with Gasteiger partial charge >= 0.3 is 0 Å². The first kappa shape index (κ1) is 15.7. The van der Waals surface area contributed by atoms with Crippen LogP contribution in [0.2, 0.25) is 0 Å². The zero-order valence-corrected chi connectivity index (χ0v) is 12.7. The maximum atomic E-state index is 13.0. The molecule has 0 unspecified atom stereocenters. The van der Waals surface area contributed by atoms with E-state index in [2.05, 4.69) is 15.5 Å². The van der Waals surface area contributed by atoms with Gasteiger partial charge in [0.2, 0.25) is 5.91 Å². The Bertz CT molecular complexity index is 899. The summed E-state index contributed by atoms with van der Waals surface area (Å²) < 4.78 is 14.5. The molecule has 0 spiro atoms. The normalized spacial score (nSPS) is 10.5. The number of anilines is 1. The van der Waals surface area contributed by atoms with Crippen molar-refractivity contribution >= 4 is 11.7 Å². The molecule has 0 aliphatic carbocycles. The van der Waals surface area contributed by atoms with Crippen molar-refractivity contribution < 1.29 is 9.18 Å². The summed E-state index contributed by atoms with van der Waals surface area (Å²) in [5.41, 5.74) is 1.25. The van der Waals surface area contributed by atoms with Crippen LogP contribution in [0.4, 0.5) is 10.2 Å². The molecule has 0 atom stereocenters. The van der Waals surface area contributed by atoms with Gasteiger partial charge in [-0.3, -0.25) is 14.7 Å². The first-order valence-electron chi connectivity index (χ1n) is 7.38. The zero-order valence-electron chi connectivity index (χ0n) is 12.7. The highest BCUT2D eigenvalue weighted by Gasteiger charge is 2.11. The molecule has 2 N–H and O–H groups in total. The molecule has 24 heavy (non-hydrogen) atoms. The quantitative estimate of drug-likeness (QED) is 0.755. The van der Waals surface area contributed by atoms with E-state index in [-0.39, 0.29) is 30.2 Å². The van der Waals surface area contributed by atoms with Gasteiger partial charge in [-0.15, -0.1) is 0 Å². The number of H-pyrrole nitrogens is 1. The molecule has 7 heteroatoms. The third kappa shape index (κ3) is 3.57. The summed E-state index contributed by atoms with van der Waals surface area (Å²) in [6, 6.07) is 10.7. The molecule has 122 valence electrons. The number of nitrogens with one attached hydrogen (secondary N) is 2. The lowest BCUT2D eigenvalue weighted by molar-refractivity contribution is -0.116. The second kappa shape index (κ2) is 6.91. The smallest absolute Gasteiger partial charge is 0.250 e. The Hall–Kier alpha value is -3.22. The van der Waals surface area contributed by atoms with Crippen molar-refractivity contribution in [2.45, 2.75) is 13.0 Å². The van der Waals surface area contributed by atoms with Crippen LogP contribution in [0, 0.1) is 5.82 Å². The summed E-state index contributed by atoms with van der Waals surface area (Å²) in [5.74, 6) is -0.147. The second-order valence-corrected chi connectivity index (χ2v) is 5.20. The Kier molecular flexibility index (Phi) is 4.51. The number of rotatable bonds is 5. The SMILES string of the molecule is O=C(CCn1ccccc1=O)Nc1[nH]ncc1-c1ccc(F)cc1. The van der Waals surface area contributed by atoms with Crippen LogP contribution in [0.25, 0.3) is 11.1 Å². The van der Waals surface area contributed by atoms with E-state index < -0.39 is 0 Å². The summed E-state index contributed by atoms with van der Waals surface area (Å²) in [6.07, 6.45) is 3.34. The number of hydrogen-bond donors (Lipinski definition) is 2. The zero-order chi connectivity index (χ0) is 16.9. The number of nitrogens with zero attached hydrogens (tertiary/aromatic N) is 2. The Balaban J connectivity index is 1.67. The Morgan fingerprint density at radius 3 is 2.75 bits per heavy atom. The van der Waals surface area contributed by atoms with Crippen LogP contribution in [0.3, 0.4) is 0 Å². The molecule has 0 aliphatic heterocycles. The predicted octanol–water partition coefficient (Wildman–Crippen LogP) is 2.41. The number of pyridine rings is 1. The highest BCUT2D eigenvalue weighted by atomic mass is 19.1. The molecule has 0 bridgehead atoms. The van der Waals surface area contributed by atoms with E-state index in [0.717, 1.165) is 5.56 Å². The Morgan fingerprint density at radius 1 is 1.21 bits per heavy atom. The maximum absolute atomic E-state index is 13.0. The van der Waals surface area contributed by atoms with Crippen molar-refractivity contribution in [1.29, 1.82) is 0 Å². The maximum Gasteiger partial charge on any atom is 0.250 e. The number of carbonyl (C=O) groups is 1. The van der Waals surface area contributed by atoms with Gasteiger partial charge in [0.1, 0.15) is 11.6 Å². The third-order valence-electron chi connectivity index (χ3n) is 3.54. The number of aromatic amines is 1. The number of aryl methyl sites for hydroxylation is 1. The van der Waals surface area contributed by atoms with E-state index in [0.29, 0.717) is 11.4 Å². The molecule has 2 aromatic heterocycles. The minimum Gasteiger partial charge on any atom is -0.315 e. The molecule has 3 aromatic rings.